The second-order valence-corrected chi connectivity index (χ2v) is 14.1. The molecule has 6 aromatic rings. The molecule has 1 aliphatic carbocycles. The lowest BCUT2D eigenvalue weighted by Gasteiger charge is -2.29. The third-order valence-electron chi connectivity index (χ3n) is 7.46. The lowest BCUT2D eigenvalue weighted by molar-refractivity contribution is 1.28. The van der Waals surface area contributed by atoms with Gasteiger partial charge < -0.3 is 0 Å². The van der Waals surface area contributed by atoms with Crippen LogP contribution in [0.3, 0.4) is 0 Å². The van der Waals surface area contributed by atoms with Crippen molar-refractivity contribution in [1.29, 1.82) is 0 Å². The Kier molecular flexibility index (Phi) is 6.68. The molecule has 2 heteroatoms. The first-order chi connectivity index (χ1) is 19.4. The molecule has 6 aromatic carbocycles. The normalized spacial score (nSPS) is 11.9. The van der Waals surface area contributed by atoms with Gasteiger partial charge in [0.15, 0.2) is 0 Å². The molecule has 0 bridgehead atoms. The minimum Gasteiger partial charge on any atom is -0.0622 e. The molecule has 0 saturated heterocycles. The van der Waals surface area contributed by atoms with Gasteiger partial charge in [0.1, 0.15) is 0 Å². The molecule has 0 aliphatic heterocycles. The van der Waals surface area contributed by atoms with E-state index in [-0.39, 0.29) is 0 Å². The van der Waals surface area contributed by atoms with E-state index in [0.717, 1.165) is 6.42 Å². The van der Waals surface area contributed by atoms with E-state index in [1.165, 1.54) is 54.1 Å². The Morgan fingerprint density at radius 1 is 0.359 bits per heavy atom. The molecule has 0 fully saturated rings. The molecule has 7 rings (SSSR count). The second-order valence-electron chi connectivity index (χ2n) is 9.81. The van der Waals surface area contributed by atoms with Crippen LogP contribution in [0.25, 0.3) is 11.1 Å². The summed E-state index contributed by atoms with van der Waals surface area (Å²) in [5, 5.41) is 8.61. The molecule has 0 aromatic heterocycles. The van der Waals surface area contributed by atoms with Crippen molar-refractivity contribution in [2.75, 3.05) is 0 Å². The fourth-order valence-corrected chi connectivity index (χ4v) is 11.2. The van der Waals surface area contributed by atoms with Crippen LogP contribution in [-0.4, -0.2) is 0 Å². The van der Waals surface area contributed by atoms with Crippen LogP contribution in [0.15, 0.2) is 158 Å². The molecule has 0 spiro atoms. The van der Waals surface area contributed by atoms with Gasteiger partial charge in [-0.1, -0.05) is 158 Å². The highest BCUT2D eigenvalue weighted by Crippen LogP contribution is 2.45. The van der Waals surface area contributed by atoms with Crippen molar-refractivity contribution in [2.45, 2.75) is 6.42 Å². The van der Waals surface area contributed by atoms with Gasteiger partial charge in [-0.25, -0.2) is 0 Å². The minimum atomic E-state index is -0.769. The van der Waals surface area contributed by atoms with Crippen LogP contribution in [0, 0.1) is 0 Å². The summed E-state index contributed by atoms with van der Waals surface area (Å²) in [5.41, 5.74) is 5.73. The highest BCUT2D eigenvalue weighted by Gasteiger charge is 2.32. The Hall–Kier alpha value is -3.82. The van der Waals surface area contributed by atoms with Gasteiger partial charge in [0.2, 0.25) is 0 Å². The van der Waals surface area contributed by atoms with Gasteiger partial charge in [-0.3, -0.25) is 0 Å². The quantitative estimate of drug-likeness (QED) is 0.207. The summed E-state index contributed by atoms with van der Waals surface area (Å²) in [5.74, 6) is 0. The molecule has 0 nitrogen and oxygen atoms in total. The summed E-state index contributed by atoms with van der Waals surface area (Å²) in [7, 11) is -1.52. The maximum absolute atomic E-state index is 2.46. The van der Waals surface area contributed by atoms with Crippen molar-refractivity contribution in [3.05, 3.63) is 169 Å². The number of rotatable bonds is 6. The zero-order valence-corrected chi connectivity index (χ0v) is 23.4. The van der Waals surface area contributed by atoms with E-state index in [0.29, 0.717) is 0 Å². The fourth-order valence-electron chi connectivity index (χ4n) is 5.76. The van der Waals surface area contributed by atoms with Crippen LogP contribution in [-0.2, 0) is 6.42 Å². The lowest BCUT2D eigenvalue weighted by atomic mass is 10.1. The molecule has 0 N–H and O–H groups in total. The maximum Gasteiger partial charge on any atom is -0.000664 e. The Balaban J connectivity index is 1.56. The van der Waals surface area contributed by atoms with Crippen molar-refractivity contribution >= 4 is 47.7 Å². The topological polar surface area (TPSA) is 0 Å². The van der Waals surface area contributed by atoms with Crippen LogP contribution >= 0.6 is 15.8 Å². The van der Waals surface area contributed by atoms with Gasteiger partial charge in [0.05, 0.1) is 0 Å². The number of fused-ring (bicyclic) bond motifs is 3. The fraction of sp³-hybridized carbons (Fsp3) is 0.0270. The van der Waals surface area contributed by atoms with E-state index in [9.17, 15) is 0 Å². The van der Waals surface area contributed by atoms with Gasteiger partial charge in [0, 0.05) is 0 Å². The summed E-state index contributed by atoms with van der Waals surface area (Å²) >= 11 is 0. The van der Waals surface area contributed by atoms with E-state index in [2.05, 4.69) is 158 Å². The van der Waals surface area contributed by atoms with Crippen LogP contribution in [0.5, 0.6) is 0 Å². The van der Waals surface area contributed by atoms with Crippen LogP contribution < -0.4 is 31.8 Å². The molecule has 0 radical (unpaired) electrons. The highest BCUT2D eigenvalue weighted by atomic mass is 31.1. The first-order valence-electron chi connectivity index (χ1n) is 13.4. The summed E-state index contributed by atoms with van der Waals surface area (Å²) in [4.78, 5) is 0. The van der Waals surface area contributed by atoms with Crippen molar-refractivity contribution in [3.8, 4) is 11.1 Å². The molecular formula is C37H28P2. The third-order valence-corrected chi connectivity index (χ3v) is 12.7. The predicted molar refractivity (Wildman–Crippen MR) is 172 cm³/mol. The van der Waals surface area contributed by atoms with E-state index >= 15 is 0 Å². The molecule has 0 saturated carbocycles. The number of hydrogen-bond donors (Lipinski definition) is 0. The Bertz CT molecular complexity index is 1630. The first kappa shape index (κ1) is 24.2. The van der Waals surface area contributed by atoms with Crippen molar-refractivity contribution in [1.82, 2.24) is 0 Å². The molecule has 39 heavy (non-hydrogen) atoms. The molecule has 0 atom stereocenters. The monoisotopic (exact) mass is 534 g/mol. The van der Waals surface area contributed by atoms with Crippen LogP contribution in [0.2, 0.25) is 0 Å². The first-order valence-corrected chi connectivity index (χ1v) is 16.1. The van der Waals surface area contributed by atoms with Crippen molar-refractivity contribution in [3.63, 3.8) is 0 Å². The van der Waals surface area contributed by atoms with Crippen molar-refractivity contribution in [2.24, 2.45) is 0 Å². The summed E-state index contributed by atoms with van der Waals surface area (Å²) in [6.45, 7) is 0. The van der Waals surface area contributed by atoms with Gasteiger partial charge in [-0.2, -0.15) is 0 Å². The molecular weight excluding hydrogens is 506 g/mol. The maximum atomic E-state index is 2.46. The van der Waals surface area contributed by atoms with E-state index in [1.807, 2.05) is 0 Å². The lowest BCUT2D eigenvalue weighted by Crippen LogP contribution is -2.36. The van der Waals surface area contributed by atoms with Crippen LogP contribution in [0.1, 0.15) is 11.1 Å². The Morgan fingerprint density at radius 2 is 0.795 bits per heavy atom. The summed E-state index contributed by atoms with van der Waals surface area (Å²) < 4.78 is 0. The second kappa shape index (κ2) is 10.7. The smallest absolute Gasteiger partial charge is 0.000664 e. The van der Waals surface area contributed by atoms with Crippen LogP contribution in [0.4, 0.5) is 0 Å². The van der Waals surface area contributed by atoms with Gasteiger partial charge in [0.25, 0.3) is 0 Å². The van der Waals surface area contributed by atoms with E-state index in [1.54, 1.807) is 0 Å². The third kappa shape index (κ3) is 4.55. The van der Waals surface area contributed by atoms with Gasteiger partial charge in [-0.05, 0) is 76.3 Å². The standard InChI is InChI=1S/C37H28P2/c1-5-16-29(17-6-1)38(30-18-7-2-8-19-30)36-26-25-34-33-24-14-13-15-28(33)27-35(34)37(36)39(31-20-9-3-10-21-31)32-22-11-4-12-23-32/h1-26H,27H2. The molecule has 1 aliphatic rings. The van der Waals surface area contributed by atoms with E-state index < -0.39 is 15.8 Å². The summed E-state index contributed by atoms with van der Waals surface area (Å²) in [6.07, 6.45) is 0.986. The number of benzene rings is 6. The average Bonchev–Trinajstić information content (AvgIpc) is 3.39. The zero-order chi connectivity index (χ0) is 26.0. The zero-order valence-electron chi connectivity index (χ0n) is 21.6. The minimum absolute atomic E-state index is 0.746. The Labute approximate surface area is 233 Å². The largest absolute Gasteiger partial charge is 0.0622 e. The van der Waals surface area contributed by atoms with Gasteiger partial charge >= 0.3 is 0 Å². The van der Waals surface area contributed by atoms with Crippen molar-refractivity contribution < 1.29 is 0 Å². The SMILES string of the molecule is c1ccc(P(c2ccccc2)c2ccc3c(c2P(c2ccccc2)c2ccccc2)Cc2ccccc2-3)cc1. The Morgan fingerprint density at radius 3 is 1.31 bits per heavy atom. The summed E-state index contributed by atoms with van der Waals surface area (Å²) in [6, 6.07) is 58.5. The molecule has 186 valence electrons. The molecule has 0 heterocycles. The predicted octanol–water partition coefficient (Wildman–Crippen LogP) is 6.77. The molecule has 0 unspecified atom stereocenters. The highest BCUT2D eigenvalue weighted by molar-refractivity contribution is 7.85. The number of hydrogen-bond acceptors (Lipinski definition) is 0. The van der Waals surface area contributed by atoms with Gasteiger partial charge in [-0.15, -0.1) is 0 Å². The molecule has 0 amide bonds. The average molecular weight is 535 g/mol. The van der Waals surface area contributed by atoms with E-state index in [4.69, 9.17) is 0 Å².